The van der Waals surface area contributed by atoms with Crippen LogP contribution in [0.5, 0.6) is 0 Å². The molecular weight excluding hydrogens is 204 g/mol. The summed E-state index contributed by atoms with van der Waals surface area (Å²) in [4.78, 5) is 0. The predicted octanol–water partition coefficient (Wildman–Crippen LogP) is 6.30. The molecule has 4 unspecified atom stereocenters. The highest BCUT2D eigenvalue weighted by Crippen LogP contribution is 2.26. The van der Waals surface area contributed by atoms with E-state index >= 15 is 0 Å². The highest BCUT2D eigenvalue weighted by Gasteiger charge is 2.14. The Kier molecular flexibility index (Phi) is 9.97. The first-order chi connectivity index (χ1) is 7.99. The van der Waals surface area contributed by atoms with Crippen LogP contribution in [0.25, 0.3) is 0 Å². The van der Waals surface area contributed by atoms with Crippen molar-refractivity contribution in [3.63, 3.8) is 0 Å². The van der Waals surface area contributed by atoms with E-state index in [4.69, 9.17) is 0 Å². The van der Waals surface area contributed by atoms with Crippen molar-refractivity contribution >= 4 is 0 Å². The van der Waals surface area contributed by atoms with E-state index in [1.165, 1.54) is 44.9 Å². The van der Waals surface area contributed by atoms with Gasteiger partial charge in [-0.15, -0.1) is 0 Å². The average molecular weight is 240 g/mol. The summed E-state index contributed by atoms with van der Waals surface area (Å²) in [5.41, 5.74) is 0. The summed E-state index contributed by atoms with van der Waals surface area (Å²) >= 11 is 0. The molecule has 0 nitrogen and oxygen atoms in total. The lowest BCUT2D eigenvalue weighted by atomic mass is 9.84. The first kappa shape index (κ1) is 17.0. The van der Waals surface area contributed by atoms with Crippen molar-refractivity contribution in [3.8, 4) is 0 Å². The van der Waals surface area contributed by atoms with Crippen molar-refractivity contribution in [2.45, 2.75) is 86.5 Å². The van der Waals surface area contributed by atoms with Crippen LogP contribution >= 0.6 is 0 Å². The van der Waals surface area contributed by atoms with E-state index in [1.54, 1.807) is 0 Å². The summed E-state index contributed by atoms with van der Waals surface area (Å²) in [7, 11) is 0. The molecule has 0 aromatic rings. The van der Waals surface area contributed by atoms with Gasteiger partial charge in [-0.2, -0.15) is 0 Å². The SMILES string of the molecule is CCCC(C)CC(C)CC(C)CC(C)CCC. The Morgan fingerprint density at radius 1 is 0.529 bits per heavy atom. The summed E-state index contributed by atoms with van der Waals surface area (Å²) in [6.45, 7) is 14.3. The maximum atomic E-state index is 2.45. The minimum Gasteiger partial charge on any atom is -0.0654 e. The van der Waals surface area contributed by atoms with Gasteiger partial charge in [0, 0.05) is 0 Å². The minimum atomic E-state index is 0.917. The quantitative estimate of drug-likeness (QED) is 0.420. The molecule has 0 aliphatic heterocycles. The number of rotatable bonds is 10. The second kappa shape index (κ2) is 9.97. The van der Waals surface area contributed by atoms with Gasteiger partial charge in [-0.25, -0.2) is 0 Å². The normalized spacial score (nSPS) is 18.7. The van der Waals surface area contributed by atoms with Gasteiger partial charge >= 0.3 is 0 Å². The standard InChI is InChI=1S/C17H36/c1-7-9-14(3)11-16(5)13-17(6)12-15(4)10-8-2/h14-17H,7-13H2,1-6H3. The summed E-state index contributed by atoms with van der Waals surface area (Å²) in [6, 6.07) is 0. The Balaban J connectivity index is 3.74. The van der Waals surface area contributed by atoms with E-state index in [9.17, 15) is 0 Å². The van der Waals surface area contributed by atoms with Crippen molar-refractivity contribution in [2.24, 2.45) is 23.7 Å². The molecule has 0 rings (SSSR count). The Morgan fingerprint density at radius 3 is 1.12 bits per heavy atom. The lowest BCUT2D eigenvalue weighted by Crippen LogP contribution is -2.10. The van der Waals surface area contributed by atoms with Crippen LogP contribution in [-0.4, -0.2) is 0 Å². The molecule has 0 bridgehead atoms. The number of hydrogen-bond acceptors (Lipinski definition) is 0. The van der Waals surface area contributed by atoms with E-state index in [1.807, 2.05) is 0 Å². The van der Waals surface area contributed by atoms with Gasteiger partial charge in [-0.3, -0.25) is 0 Å². The lowest BCUT2D eigenvalue weighted by molar-refractivity contribution is 0.295. The van der Waals surface area contributed by atoms with Crippen LogP contribution in [0.1, 0.15) is 86.5 Å². The van der Waals surface area contributed by atoms with Crippen molar-refractivity contribution in [1.82, 2.24) is 0 Å². The zero-order chi connectivity index (χ0) is 13.3. The summed E-state index contributed by atoms with van der Waals surface area (Å²) in [5, 5.41) is 0. The average Bonchev–Trinajstić information content (AvgIpc) is 2.16. The Bertz CT molecular complexity index is 143. The fourth-order valence-electron chi connectivity index (χ4n) is 3.47. The Labute approximate surface area is 111 Å². The zero-order valence-electron chi connectivity index (χ0n) is 13.3. The van der Waals surface area contributed by atoms with Crippen LogP contribution in [0.15, 0.2) is 0 Å². The smallest absolute Gasteiger partial charge is 0.0438 e. The van der Waals surface area contributed by atoms with Crippen LogP contribution in [0.4, 0.5) is 0 Å². The maximum absolute atomic E-state index is 2.45. The minimum absolute atomic E-state index is 0.917. The van der Waals surface area contributed by atoms with Crippen molar-refractivity contribution < 1.29 is 0 Å². The lowest BCUT2D eigenvalue weighted by Gasteiger charge is -2.22. The van der Waals surface area contributed by atoms with E-state index in [0.29, 0.717) is 0 Å². The van der Waals surface area contributed by atoms with Crippen molar-refractivity contribution in [2.75, 3.05) is 0 Å². The molecule has 0 aliphatic rings. The molecule has 0 N–H and O–H groups in total. The highest BCUT2D eigenvalue weighted by atomic mass is 14.2. The van der Waals surface area contributed by atoms with Crippen LogP contribution < -0.4 is 0 Å². The van der Waals surface area contributed by atoms with Gasteiger partial charge in [0.1, 0.15) is 0 Å². The van der Waals surface area contributed by atoms with Crippen LogP contribution in [0.3, 0.4) is 0 Å². The highest BCUT2D eigenvalue weighted by molar-refractivity contribution is 4.66. The molecule has 4 atom stereocenters. The molecule has 104 valence electrons. The van der Waals surface area contributed by atoms with E-state index in [2.05, 4.69) is 41.5 Å². The molecule has 0 radical (unpaired) electrons. The van der Waals surface area contributed by atoms with Gasteiger partial charge in [0.05, 0.1) is 0 Å². The first-order valence-electron chi connectivity index (χ1n) is 7.99. The molecule has 0 aromatic carbocycles. The molecule has 0 aromatic heterocycles. The van der Waals surface area contributed by atoms with E-state index in [-0.39, 0.29) is 0 Å². The second-order valence-corrected chi connectivity index (χ2v) is 6.71. The van der Waals surface area contributed by atoms with Gasteiger partial charge < -0.3 is 0 Å². The molecule has 0 amide bonds. The monoisotopic (exact) mass is 240 g/mol. The van der Waals surface area contributed by atoms with E-state index in [0.717, 1.165) is 23.7 Å². The van der Waals surface area contributed by atoms with E-state index < -0.39 is 0 Å². The van der Waals surface area contributed by atoms with Crippen molar-refractivity contribution in [1.29, 1.82) is 0 Å². The fourth-order valence-corrected chi connectivity index (χ4v) is 3.47. The van der Waals surface area contributed by atoms with Gasteiger partial charge in [0.25, 0.3) is 0 Å². The molecule has 17 heavy (non-hydrogen) atoms. The number of hydrogen-bond donors (Lipinski definition) is 0. The maximum Gasteiger partial charge on any atom is -0.0438 e. The van der Waals surface area contributed by atoms with Crippen LogP contribution in [0, 0.1) is 23.7 Å². The van der Waals surface area contributed by atoms with Gasteiger partial charge in [-0.1, -0.05) is 67.2 Å². The third-order valence-electron chi connectivity index (χ3n) is 3.98. The Hall–Kier alpha value is 0. The molecule has 0 spiro atoms. The zero-order valence-corrected chi connectivity index (χ0v) is 13.3. The van der Waals surface area contributed by atoms with Crippen molar-refractivity contribution in [3.05, 3.63) is 0 Å². The molecule has 0 saturated heterocycles. The topological polar surface area (TPSA) is 0 Å². The summed E-state index contributed by atoms with van der Waals surface area (Å²) in [6.07, 6.45) is 9.80. The first-order valence-corrected chi connectivity index (χ1v) is 7.99. The molecule has 0 heteroatoms. The van der Waals surface area contributed by atoms with Gasteiger partial charge in [-0.05, 0) is 42.9 Å². The third kappa shape index (κ3) is 9.68. The predicted molar refractivity (Wildman–Crippen MR) is 80.3 cm³/mol. The van der Waals surface area contributed by atoms with Gasteiger partial charge in [0.2, 0.25) is 0 Å². The molecule has 0 heterocycles. The summed E-state index contributed by atoms with van der Waals surface area (Å²) < 4.78 is 0. The largest absolute Gasteiger partial charge is 0.0654 e. The fraction of sp³-hybridized carbons (Fsp3) is 1.00. The molecule has 0 saturated carbocycles. The van der Waals surface area contributed by atoms with Gasteiger partial charge in [0.15, 0.2) is 0 Å². The summed E-state index contributed by atoms with van der Waals surface area (Å²) in [5.74, 6) is 3.69. The molecule has 0 aliphatic carbocycles. The third-order valence-corrected chi connectivity index (χ3v) is 3.98. The molecular formula is C17H36. The Morgan fingerprint density at radius 2 is 0.824 bits per heavy atom. The van der Waals surface area contributed by atoms with Crippen LogP contribution in [0.2, 0.25) is 0 Å². The van der Waals surface area contributed by atoms with Crippen LogP contribution in [-0.2, 0) is 0 Å². The second-order valence-electron chi connectivity index (χ2n) is 6.71. The molecule has 0 fully saturated rings.